The molecule has 0 spiro atoms. The minimum atomic E-state index is 0.548. The largest absolute Gasteiger partial charge is 0.328 e. The number of hydrogen-bond acceptors (Lipinski definition) is 1. The Balaban J connectivity index is 1.98. The van der Waals surface area contributed by atoms with E-state index in [1.54, 1.807) is 0 Å². The summed E-state index contributed by atoms with van der Waals surface area (Å²) in [4.78, 5) is 0. The molecule has 0 amide bonds. The van der Waals surface area contributed by atoms with E-state index in [0.29, 0.717) is 6.04 Å². The van der Waals surface area contributed by atoms with Crippen LogP contribution in [0.5, 0.6) is 0 Å². The predicted molar refractivity (Wildman–Crippen MR) is 35.6 cm³/mol. The van der Waals surface area contributed by atoms with Crippen molar-refractivity contribution in [1.29, 1.82) is 0 Å². The van der Waals surface area contributed by atoms with Crippen LogP contribution < -0.4 is 5.73 Å². The summed E-state index contributed by atoms with van der Waals surface area (Å²) in [6.07, 6.45) is 5.30. The van der Waals surface area contributed by atoms with E-state index in [0.717, 1.165) is 5.92 Å². The summed E-state index contributed by atoms with van der Waals surface area (Å²) in [6, 6.07) is 0.548. The van der Waals surface area contributed by atoms with Crippen molar-refractivity contribution in [1.82, 2.24) is 0 Å². The van der Waals surface area contributed by atoms with Gasteiger partial charge in [-0.2, -0.15) is 0 Å². The van der Waals surface area contributed by atoms with E-state index in [9.17, 15) is 0 Å². The maximum Gasteiger partial charge on any atom is 0.00441 e. The topological polar surface area (TPSA) is 26.0 Å². The van der Waals surface area contributed by atoms with E-state index in [-0.39, 0.29) is 0 Å². The highest BCUT2D eigenvalue weighted by Crippen LogP contribution is 2.29. The maximum atomic E-state index is 5.60. The summed E-state index contributed by atoms with van der Waals surface area (Å²) < 4.78 is 0. The SMILES string of the molecule is CCC[C@H]1C[C@@H](N)C1. The number of nitrogens with two attached hydrogens (primary N) is 1. The van der Waals surface area contributed by atoms with Crippen LogP contribution in [-0.2, 0) is 0 Å². The van der Waals surface area contributed by atoms with Gasteiger partial charge in [0.15, 0.2) is 0 Å². The molecule has 0 aromatic carbocycles. The van der Waals surface area contributed by atoms with Crippen LogP contribution in [0.25, 0.3) is 0 Å². The molecule has 1 rings (SSSR count). The van der Waals surface area contributed by atoms with Gasteiger partial charge >= 0.3 is 0 Å². The molecule has 0 atom stereocenters. The summed E-state index contributed by atoms with van der Waals surface area (Å²) in [5.41, 5.74) is 5.60. The standard InChI is InChI=1S/C7H15N/c1-2-3-6-4-7(8)5-6/h6-7H,2-5,8H2,1H3/t6-,7+. The molecule has 0 unspecified atom stereocenters. The summed E-state index contributed by atoms with van der Waals surface area (Å²) >= 11 is 0. The normalized spacial score (nSPS) is 36.8. The Bertz CT molecular complexity index is 62.0. The zero-order chi connectivity index (χ0) is 5.98. The molecule has 0 saturated heterocycles. The van der Waals surface area contributed by atoms with E-state index in [1.807, 2.05) is 0 Å². The first-order valence-electron chi connectivity index (χ1n) is 3.58. The van der Waals surface area contributed by atoms with Gasteiger partial charge in [-0.15, -0.1) is 0 Å². The van der Waals surface area contributed by atoms with Crippen LogP contribution in [0, 0.1) is 5.92 Å². The summed E-state index contributed by atoms with van der Waals surface area (Å²) in [5, 5.41) is 0. The van der Waals surface area contributed by atoms with Crippen molar-refractivity contribution in [3.8, 4) is 0 Å². The van der Waals surface area contributed by atoms with Crippen LogP contribution in [0.4, 0.5) is 0 Å². The Morgan fingerprint density at radius 1 is 1.50 bits per heavy atom. The smallest absolute Gasteiger partial charge is 0.00441 e. The quantitative estimate of drug-likeness (QED) is 0.577. The first-order valence-corrected chi connectivity index (χ1v) is 3.58. The van der Waals surface area contributed by atoms with E-state index in [1.165, 1.54) is 25.7 Å². The van der Waals surface area contributed by atoms with Gasteiger partial charge in [0.25, 0.3) is 0 Å². The highest BCUT2D eigenvalue weighted by atomic mass is 14.7. The molecule has 1 heteroatoms. The van der Waals surface area contributed by atoms with Gasteiger partial charge in [-0.3, -0.25) is 0 Å². The molecule has 0 radical (unpaired) electrons. The van der Waals surface area contributed by atoms with Crippen LogP contribution in [0.2, 0.25) is 0 Å². The van der Waals surface area contributed by atoms with Gasteiger partial charge in [0.05, 0.1) is 0 Å². The molecular formula is C7H15N. The molecule has 1 aliphatic carbocycles. The van der Waals surface area contributed by atoms with E-state index < -0.39 is 0 Å². The Hall–Kier alpha value is -0.0400. The van der Waals surface area contributed by atoms with E-state index in [2.05, 4.69) is 6.92 Å². The second kappa shape index (κ2) is 2.49. The third-order valence-electron chi connectivity index (χ3n) is 1.97. The number of rotatable bonds is 2. The van der Waals surface area contributed by atoms with E-state index >= 15 is 0 Å². The fraction of sp³-hybridized carbons (Fsp3) is 1.00. The Morgan fingerprint density at radius 3 is 2.50 bits per heavy atom. The molecule has 1 saturated carbocycles. The monoisotopic (exact) mass is 113 g/mol. The molecule has 0 aliphatic heterocycles. The first kappa shape index (κ1) is 6.09. The molecule has 2 N–H and O–H groups in total. The second-order valence-electron chi connectivity index (χ2n) is 2.89. The van der Waals surface area contributed by atoms with Crippen molar-refractivity contribution in [2.45, 2.75) is 38.6 Å². The van der Waals surface area contributed by atoms with Crippen molar-refractivity contribution in [2.24, 2.45) is 11.7 Å². The average Bonchev–Trinajstić information content (AvgIpc) is 1.64. The molecule has 8 heavy (non-hydrogen) atoms. The average molecular weight is 113 g/mol. The van der Waals surface area contributed by atoms with Crippen molar-refractivity contribution < 1.29 is 0 Å². The highest BCUT2D eigenvalue weighted by molar-refractivity contribution is 4.81. The Kier molecular flexibility index (Phi) is 1.90. The van der Waals surface area contributed by atoms with Crippen molar-refractivity contribution in [3.63, 3.8) is 0 Å². The summed E-state index contributed by atoms with van der Waals surface area (Å²) in [5.74, 6) is 0.981. The van der Waals surface area contributed by atoms with Crippen LogP contribution in [0.3, 0.4) is 0 Å². The van der Waals surface area contributed by atoms with E-state index in [4.69, 9.17) is 5.73 Å². The second-order valence-corrected chi connectivity index (χ2v) is 2.89. The lowest BCUT2D eigenvalue weighted by Gasteiger charge is -2.31. The highest BCUT2D eigenvalue weighted by Gasteiger charge is 2.24. The number of hydrogen-bond donors (Lipinski definition) is 1. The first-order chi connectivity index (χ1) is 3.83. The molecule has 1 fully saturated rings. The zero-order valence-electron chi connectivity index (χ0n) is 5.56. The maximum absolute atomic E-state index is 5.60. The fourth-order valence-corrected chi connectivity index (χ4v) is 1.43. The Morgan fingerprint density at radius 2 is 2.12 bits per heavy atom. The van der Waals surface area contributed by atoms with Crippen LogP contribution in [-0.4, -0.2) is 6.04 Å². The molecule has 0 heterocycles. The van der Waals surface area contributed by atoms with Crippen LogP contribution >= 0.6 is 0 Å². The molecule has 48 valence electrons. The lowest BCUT2D eigenvalue weighted by molar-refractivity contribution is 0.248. The van der Waals surface area contributed by atoms with Gasteiger partial charge in [0.1, 0.15) is 0 Å². The summed E-state index contributed by atoms with van der Waals surface area (Å²) in [6.45, 7) is 2.24. The van der Waals surface area contributed by atoms with Gasteiger partial charge in [-0.1, -0.05) is 19.8 Å². The van der Waals surface area contributed by atoms with Gasteiger partial charge in [-0.05, 0) is 18.8 Å². The molecule has 1 aliphatic rings. The molecule has 0 bridgehead atoms. The third-order valence-corrected chi connectivity index (χ3v) is 1.97. The van der Waals surface area contributed by atoms with Crippen molar-refractivity contribution in [2.75, 3.05) is 0 Å². The minimum Gasteiger partial charge on any atom is -0.328 e. The van der Waals surface area contributed by atoms with Gasteiger partial charge < -0.3 is 5.73 Å². The van der Waals surface area contributed by atoms with Gasteiger partial charge in [0.2, 0.25) is 0 Å². The fourth-order valence-electron chi connectivity index (χ4n) is 1.43. The molecular weight excluding hydrogens is 98.1 g/mol. The summed E-state index contributed by atoms with van der Waals surface area (Å²) in [7, 11) is 0. The van der Waals surface area contributed by atoms with Crippen LogP contribution in [0.1, 0.15) is 32.6 Å². The zero-order valence-corrected chi connectivity index (χ0v) is 5.56. The lowest BCUT2D eigenvalue weighted by Crippen LogP contribution is -2.35. The third kappa shape index (κ3) is 1.22. The Labute approximate surface area is 51.3 Å². The molecule has 0 aromatic heterocycles. The van der Waals surface area contributed by atoms with Crippen LogP contribution in [0.15, 0.2) is 0 Å². The lowest BCUT2D eigenvalue weighted by atomic mass is 9.78. The van der Waals surface area contributed by atoms with Gasteiger partial charge in [-0.25, -0.2) is 0 Å². The molecule has 1 nitrogen and oxygen atoms in total. The van der Waals surface area contributed by atoms with Crippen molar-refractivity contribution in [3.05, 3.63) is 0 Å². The van der Waals surface area contributed by atoms with Crippen molar-refractivity contribution >= 4 is 0 Å². The minimum absolute atomic E-state index is 0.548. The van der Waals surface area contributed by atoms with Gasteiger partial charge in [0, 0.05) is 6.04 Å². The predicted octanol–water partition coefficient (Wildman–Crippen LogP) is 1.52. The molecule has 0 aromatic rings.